The maximum atomic E-state index is 4.47. The van der Waals surface area contributed by atoms with Crippen LogP contribution < -0.4 is 0 Å². The Bertz CT molecular complexity index is 445. The fraction of sp³-hybridized carbons (Fsp3) is 0.438. The molecule has 2 rings (SSSR count). The molecule has 0 aliphatic carbocycles. The summed E-state index contributed by atoms with van der Waals surface area (Å²) >= 11 is 0. The van der Waals surface area contributed by atoms with E-state index in [4.69, 9.17) is 0 Å². The third-order valence-corrected chi connectivity index (χ3v) is 3.26. The molecule has 0 saturated carbocycles. The number of benzene rings is 1. The van der Waals surface area contributed by atoms with Gasteiger partial charge in [-0.15, -0.1) is 0 Å². The van der Waals surface area contributed by atoms with Crippen LogP contribution in [-0.4, -0.2) is 9.55 Å². The van der Waals surface area contributed by atoms with Gasteiger partial charge >= 0.3 is 0 Å². The Balaban J connectivity index is 1.92. The van der Waals surface area contributed by atoms with Gasteiger partial charge in [-0.25, -0.2) is 4.98 Å². The zero-order valence-corrected chi connectivity index (χ0v) is 11.2. The molecule has 2 nitrogen and oxygen atoms in total. The zero-order chi connectivity index (χ0) is 12.6. The minimum atomic E-state index is 1.08. The SMILES string of the molecule is CCCCCCCc1nccn1-c1ccccc1. The molecule has 0 saturated heterocycles. The highest BCUT2D eigenvalue weighted by molar-refractivity contribution is 5.32. The van der Waals surface area contributed by atoms with Gasteiger partial charge in [0.15, 0.2) is 0 Å². The van der Waals surface area contributed by atoms with Crippen molar-refractivity contribution in [3.8, 4) is 5.69 Å². The highest BCUT2D eigenvalue weighted by atomic mass is 15.1. The van der Waals surface area contributed by atoms with Crippen LogP contribution in [0.25, 0.3) is 5.69 Å². The smallest absolute Gasteiger partial charge is 0.113 e. The van der Waals surface area contributed by atoms with Gasteiger partial charge in [0.2, 0.25) is 0 Å². The predicted molar refractivity (Wildman–Crippen MR) is 76.0 cm³/mol. The van der Waals surface area contributed by atoms with Crippen molar-refractivity contribution in [2.45, 2.75) is 45.4 Å². The molecule has 0 N–H and O–H groups in total. The quantitative estimate of drug-likeness (QED) is 0.659. The van der Waals surface area contributed by atoms with Gasteiger partial charge in [0, 0.05) is 24.5 Å². The monoisotopic (exact) mass is 242 g/mol. The van der Waals surface area contributed by atoms with Gasteiger partial charge in [-0.05, 0) is 18.6 Å². The second kappa shape index (κ2) is 7.00. The van der Waals surface area contributed by atoms with Crippen molar-refractivity contribution in [1.29, 1.82) is 0 Å². The summed E-state index contributed by atoms with van der Waals surface area (Å²) in [6, 6.07) is 10.4. The summed E-state index contributed by atoms with van der Waals surface area (Å²) in [6.45, 7) is 2.25. The van der Waals surface area contributed by atoms with Crippen molar-refractivity contribution < 1.29 is 0 Å². The molecule has 0 spiro atoms. The largest absolute Gasteiger partial charge is 0.304 e. The average Bonchev–Trinajstić information content (AvgIpc) is 2.88. The lowest BCUT2D eigenvalue weighted by atomic mass is 10.1. The normalized spacial score (nSPS) is 10.7. The third kappa shape index (κ3) is 3.46. The van der Waals surface area contributed by atoms with Gasteiger partial charge < -0.3 is 4.57 Å². The molecule has 0 fully saturated rings. The highest BCUT2D eigenvalue weighted by Gasteiger charge is 2.03. The van der Waals surface area contributed by atoms with Crippen molar-refractivity contribution in [3.05, 3.63) is 48.5 Å². The number of aromatic nitrogens is 2. The molecule has 96 valence electrons. The van der Waals surface area contributed by atoms with Crippen LogP contribution in [0.15, 0.2) is 42.7 Å². The second-order valence-electron chi connectivity index (χ2n) is 4.71. The molecule has 0 aliphatic heterocycles. The Morgan fingerprint density at radius 2 is 1.78 bits per heavy atom. The topological polar surface area (TPSA) is 17.8 Å². The van der Waals surface area contributed by atoms with Crippen molar-refractivity contribution in [1.82, 2.24) is 9.55 Å². The molecule has 0 atom stereocenters. The maximum absolute atomic E-state index is 4.47. The number of rotatable bonds is 7. The summed E-state index contributed by atoms with van der Waals surface area (Å²) in [6.07, 6.45) is 11.6. The Labute approximate surface area is 110 Å². The van der Waals surface area contributed by atoms with E-state index < -0.39 is 0 Å². The van der Waals surface area contributed by atoms with Crippen LogP contribution in [0.2, 0.25) is 0 Å². The molecule has 0 unspecified atom stereocenters. The Kier molecular flexibility index (Phi) is 5.00. The molecule has 0 radical (unpaired) electrons. The van der Waals surface area contributed by atoms with E-state index in [1.807, 2.05) is 12.3 Å². The number of hydrogen-bond donors (Lipinski definition) is 0. The maximum Gasteiger partial charge on any atom is 0.113 e. The standard InChI is InChI=1S/C16H22N2/c1-2-3-4-5-9-12-16-17-13-14-18(16)15-10-7-6-8-11-15/h6-8,10-11,13-14H,2-5,9,12H2,1H3. The summed E-state index contributed by atoms with van der Waals surface area (Å²) in [5.74, 6) is 1.18. The molecule has 2 aromatic rings. The Hall–Kier alpha value is -1.57. The number of imidazole rings is 1. The Morgan fingerprint density at radius 1 is 1.00 bits per heavy atom. The minimum Gasteiger partial charge on any atom is -0.304 e. The first kappa shape index (κ1) is 12.9. The minimum absolute atomic E-state index is 1.08. The molecule has 0 amide bonds. The van der Waals surface area contributed by atoms with E-state index in [0.29, 0.717) is 0 Å². The summed E-state index contributed by atoms with van der Waals surface area (Å²) in [5.41, 5.74) is 1.21. The van der Waals surface area contributed by atoms with E-state index >= 15 is 0 Å². The van der Waals surface area contributed by atoms with E-state index in [0.717, 1.165) is 6.42 Å². The van der Waals surface area contributed by atoms with Gasteiger partial charge in [-0.1, -0.05) is 50.8 Å². The molecule has 1 aromatic carbocycles. The second-order valence-corrected chi connectivity index (χ2v) is 4.71. The molecular formula is C16H22N2. The van der Waals surface area contributed by atoms with Crippen molar-refractivity contribution in [3.63, 3.8) is 0 Å². The lowest BCUT2D eigenvalue weighted by Crippen LogP contribution is -2.00. The first-order valence-electron chi connectivity index (χ1n) is 6.99. The molecular weight excluding hydrogens is 220 g/mol. The summed E-state index contributed by atoms with van der Waals surface area (Å²) in [5, 5.41) is 0. The number of unbranched alkanes of at least 4 members (excludes halogenated alkanes) is 4. The van der Waals surface area contributed by atoms with Crippen LogP contribution in [0.4, 0.5) is 0 Å². The first-order valence-corrected chi connectivity index (χ1v) is 6.99. The molecule has 2 heteroatoms. The molecule has 18 heavy (non-hydrogen) atoms. The van der Waals surface area contributed by atoms with Gasteiger partial charge in [0.25, 0.3) is 0 Å². The van der Waals surface area contributed by atoms with Crippen LogP contribution in [0.5, 0.6) is 0 Å². The predicted octanol–water partition coefficient (Wildman–Crippen LogP) is 4.39. The summed E-state index contributed by atoms with van der Waals surface area (Å²) in [4.78, 5) is 4.47. The van der Waals surface area contributed by atoms with Crippen molar-refractivity contribution in [2.24, 2.45) is 0 Å². The van der Waals surface area contributed by atoms with Crippen molar-refractivity contribution >= 4 is 0 Å². The van der Waals surface area contributed by atoms with Crippen LogP contribution in [0.3, 0.4) is 0 Å². The molecule has 0 bridgehead atoms. The first-order chi connectivity index (χ1) is 8.92. The fourth-order valence-corrected chi connectivity index (χ4v) is 2.23. The number of para-hydroxylation sites is 1. The fourth-order valence-electron chi connectivity index (χ4n) is 2.23. The van der Waals surface area contributed by atoms with Crippen LogP contribution in [0, 0.1) is 0 Å². The third-order valence-electron chi connectivity index (χ3n) is 3.26. The van der Waals surface area contributed by atoms with Gasteiger partial charge in [0.05, 0.1) is 0 Å². The van der Waals surface area contributed by atoms with Crippen LogP contribution in [0.1, 0.15) is 44.9 Å². The van der Waals surface area contributed by atoms with Gasteiger partial charge in [-0.2, -0.15) is 0 Å². The van der Waals surface area contributed by atoms with E-state index in [2.05, 4.69) is 46.9 Å². The van der Waals surface area contributed by atoms with E-state index in [1.54, 1.807) is 0 Å². The lowest BCUT2D eigenvalue weighted by Gasteiger charge is -2.07. The van der Waals surface area contributed by atoms with Crippen LogP contribution >= 0.6 is 0 Å². The van der Waals surface area contributed by atoms with E-state index in [1.165, 1.54) is 43.6 Å². The van der Waals surface area contributed by atoms with Gasteiger partial charge in [-0.3, -0.25) is 0 Å². The van der Waals surface area contributed by atoms with E-state index in [9.17, 15) is 0 Å². The van der Waals surface area contributed by atoms with Crippen LogP contribution in [-0.2, 0) is 6.42 Å². The highest BCUT2D eigenvalue weighted by Crippen LogP contribution is 2.13. The molecule has 0 aliphatic rings. The number of nitrogens with zero attached hydrogens (tertiary/aromatic N) is 2. The Morgan fingerprint density at radius 3 is 2.56 bits per heavy atom. The van der Waals surface area contributed by atoms with Crippen molar-refractivity contribution in [2.75, 3.05) is 0 Å². The summed E-state index contributed by atoms with van der Waals surface area (Å²) < 4.78 is 2.19. The summed E-state index contributed by atoms with van der Waals surface area (Å²) in [7, 11) is 0. The molecule has 1 heterocycles. The van der Waals surface area contributed by atoms with Gasteiger partial charge in [0.1, 0.15) is 5.82 Å². The molecule has 1 aromatic heterocycles. The zero-order valence-electron chi connectivity index (χ0n) is 11.2. The number of aryl methyl sites for hydroxylation is 1. The van der Waals surface area contributed by atoms with E-state index in [-0.39, 0.29) is 0 Å². The number of hydrogen-bond acceptors (Lipinski definition) is 1. The lowest BCUT2D eigenvalue weighted by molar-refractivity contribution is 0.620. The average molecular weight is 242 g/mol.